The molecule has 0 spiro atoms. The highest BCUT2D eigenvalue weighted by molar-refractivity contribution is 5.93. The molecule has 106 valence electrons. The molecular formula is C13H21N3O3. The average molecular weight is 267 g/mol. The lowest BCUT2D eigenvalue weighted by Crippen LogP contribution is -2.47. The fourth-order valence-corrected chi connectivity index (χ4v) is 2.31. The number of nitrogens with one attached hydrogen (secondary N) is 1. The Morgan fingerprint density at radius 3 is 2.79 bits per heavy atom. The predicted octanol–water partition coefficient (Wildman–Crippen LogP) is 1.42. The molecule has 1 aliphatic heterocycles. The van der Waals surface area contributed by atoms with Crippen LogP contribution in [0.5, 0.6) is 0 Å². The van der Waals surface area contributed by atoms with E-state index in [1.54, 1.807) is 13.2 Å². The largest absolute Gasteiger partial charge is 0.381 e. The van der Waals surface area contributed by atoms with Gasteiger partial charge in [0, 0.05) is 26.3 Å². The molecule has 1 N–H and O–H groups in total. The highest BCUT2D eigenvalue weighted by atomic mass is 16.5. The van der Waals surface area contributed by atoms with Crippen molar-refractivity contribution in [2.75, 3.05) is 25.5 Å². The number of rotatable bonds is 4. The Morgan fingerprint density at radius 2 is 2.26 bits per heavy atom. The molecule has 1 unspecified atom stereocenters. The molecule has 6 nitrogen and oxygen atoms in total. The lowest BCUT2D eigenvalue weighted by Gasteiger charge is -2.34. The van der Waals surface area contributed by atoms with E-state index in [1.807, 2.05) is 13.8 Å². The van der Waals surface area contributed by atoms with Gasteiger partial charge in [-0.25, -0.2) is 0 Å². The van der Waals surface area contributed by atoms with Crippen LogP contribution in [-0.2, 0) is 9.53 Å². The molecule has 1 aliphatic rings. The van der Waals surface area contributed by atoms with Crippen molar-refractivity contribution in [3.8, 4) is 0 Å². The molecule has 1 aromatic rings. The summed E-state index contributed by atoms with van der Waals surface area (Å²) in [6.07, 6.45) is 2.26. The van der Waals surface area contributed by atoms with E-state index in [2.05, 4.69) is 15.4 Å². The first-order chi connectivity index (χ1) is 9.10. The van der Waals surface area contributed by atoms with Crippen LogP contribution in [0.15, 0.2) is 10.6 Å². The second-order valence-electron chi connectivity index (χ2n) is 4.97. The third-order valence-electron chi connectivity index (χ3n) is 3.61. The maximum atomic E-state index is 12.1. The van der Waals surface area contributed by atoms with Gasteiger partial charge in [0.15, 0.2) is 0 Å². The first-order valence-electron chi connectivity index (χ1n) is 6.61. The monoisotopic (exact) mass is 267 g/mol. The van der Waals surface area contributed by atoms with Crippen LogP contribution in [-0.4, -0.2) is 48.3 Å². The SMILES string of the molecule is COC1CCN(C(C)C(=O)Nc2cc(C)no2)CC1. The molecule has 2 rings (SSSR count). The third-order valence-corrected chi connectivity index (χ3v) is 3.61. The summed E-state index contributed by atoms with van der Waals surface area (Å²) in [5, 5.41) is 6.49. The minimum absolute atomic E-state index is 0.0629. The molecule has 0 radical (unpaired) electrons. The summed E-state index contributed by atoms with van der Waals surface area (Å²) in [7, 11) is 1.74. The molecule has 1 fully saturated rings. The van der Waals surface area contributed by atoms with Gasteiger partial charge in [-0.05, 0) is 26.7 Å². The van der Waals surface area contributed by atoms with Crippen LogP contribution in [0.2, 0.25) is 0 Å². The van der Waals surface area contributed by atoms with Crippen molar-refractivity contribution in [3.05, 3.63) is 11.8 Å². The molecular weight excluding hydrogens is 246 g/mol. The summed E-state index contributed by atoms with van der Waals surface area (Å²) in [4.78, 5) is 14.3. The van der Waals surface area contributed by atoms with Crippen LogP contribution in [0, 0.1) is 6.92 Å². The Hall–Kier alpha value is -1.40. The van der Waals surface area contributed by atoms with E-state index in [0.717, 1.165) is 31.6 Å². The molecule has 0 saturated carbocycles. The van der Waals surface area contributed by atoms with Crippen LogP contribution < -0.4 is 5.32 Å². The van der Waals surface area contributed by atoms with Gasteiger partial charge in [0.05, 0.1) is 17.8 Å². The number of aryl methyl sites for hydroxylation is 1. The summed E-state index contributed by atoms with van der Waals surface area (Å²) >= 11 is 0. The molecule has 1 amide bonds. The summed E-state index contributed by atoms with van der Waals surface area (Å²) in [5.74, 6) is 0.341. The summed E-state index contributed by atoms with van der Waals surface area (Å²) < 4.78 is 10.3. The van der Waals surface area contributed by atoms with Crippen molar-refractivity contribution in [3.63, 3.8) is 0 Å². The van der Waals surface area contributed by atoms with Crippen molar-refractivity contribution < 1.29 is 14.1 Å². The molecule has 0 aromatic carbocycles. The summed E-state index contributed by atoms with van der Waals surface area (Å²) in [6, 6.07) is 1.53. The second kappa shape index (κ2) is 6.16. The zero-order valence-electron chi connectivity index (χ0n) is 11.7. The molecule has 0 aliphatic carbocycles. The second-order valence-corrected chi connectivity index (χ2v) is 4.97. The van der Waals surface area contributed by atoms with Crippen LogP contribution in [0.25, 0.3) is 0 Å². The van der Waals surface area contributed by atoms with Gasteiger partial charge in [-0.15, -0.1) is 0 Å². The van der Waals surface area contributed by atoms with E-state index < -0.39 is 0 Å². The number of carbonyl (C=O) groups excluding carboxylic acids is 1. The van der Waals surface area contributed by atoms with Gasteiger partial charge in [-0.2, -0.15) is 0 Å². The van der Waals surface area contributed by atoms with Crippen molar-refractivity contribution in [2.24, 2.45) is 0 Å². The van der Waals surface area contributed by atoms with Crippen LogP contribution in [0.4, 0.5) is 5.88 Å². The summed E-state index contributed by atoms with van der Waals surface area (Å²) in [5.41, 5.74) is 0.754. The number of nitrogens with zero attached hydrogens (tertiary/aromatic N) is 2. The number of amides is 1. The Kier molecular flexibility index (Phi) is 4.55. The number of anilines is 1. The van der Waals surface area contributed by atoms with Gasteiger partial charge in [0.2, 0.25) is 11.8 Å². The maximum absolute atomic E-state index is 12.1. The van der Waals surface area contributed by atoms with Crippen molar-refractivity contribution >= 4 is 11.8 Å². The van der Waals surface area contributed by atoms with E-state index in [9.17, 15) is 4.79 Å². The van der Waals surface area contributed by atoms with Crippen LogP contribution >= 0.6 is 0 Å². The zero-order valence-corrected chi connectivity index (χ0v) is 11.7. The lowest BCUT2D eigenvalue weighted by molar-refractivity contribution is -0.121. The molecule has 1 atom stereocenters. The number of likely N-dealkylation sites (tertiary alicyclic amines) is 1. The van der Waals surface area contributed by atoms with Crippen molar-refractivity contribution in [1.29, 1.82) is 0 Å². The smallest absolute Gasteiger partial charge is 0.243 e. The Balaban J connectivity index is 1.85. The normalized spacial score (nSPS) is 19.3. The number of aromatic nitrogens is 1. The number of ether oxygens (including phenoxy) is 1. The standard InChI is InChI=1S/C13H21N3O3/c1-9-8-12(19-15-9)14-13(17)10(2)16-6-4-11(18-3)5-7-16/h8,10-11H,4-7H2,1-3H3,(H,14,17). The highest BCUT2D eigenvalue weighted by Gasteiger charge is 2.26. The van der Waals surface area contributed by atoms with Crippen molar-refractivity contribution in [1.82, 2.24) is 10.1 Å². The molecule has 1 saturated heterocycles. The van der Waals surface area contributed by atoms with Gasteiger partial charge in [-0.3, -0.25) is 15.0 Å². The van der Waals surface area contributed by atoms with Gasteiger partial charge < -0.3 is 9.26 Å². The van der Waals surface area contributed by atoms with E-state index in [4.69, 9.17) is 9.26 Å². The maximum Gasteiger partial charge on any atom is 0.243 e. The van der Waals surface area contributed by atoms with Crippen molar-refractivity contribution in [2.45, 2.75) is 38.8 Å². The molecule has 19 heavy (non-hydrogen) atoms. The van der Waals surface area contributed by atoms with E-state index in [1.165, 1.54) is 0 Å². The molecule has 2 heterocycles. The molecule has 6 heteroatoms. The van der Waals surface area contributed by atoms with Gasteiger partial charge in [0.1, 0.15) is 0 Å². The zero-order chi connectivity index (χ0) is 13.8. The number of hydrogen-bond acceptors (Lipinski definition) is 5. The average Bonchev–Trinajstić information content (AvgIpc) is 2.83. The predicted molar refractivity (Wildman–Crippen MR) is 70.9 cm³/mol. The molecule has 1 aromatic heterocycles. The topological polar surface area (TPSA) is 67.6 Å². The fraction of sp³-hybridized carbons (Fsp3) is 0.692. The van der Waals surface area contributed by atoms with E-state index >= 15 is 0 Å². The number of hydrogen-bond donors (Lipinski definition) is 1. The van der Waals surface area contributed by atoms with E-state index in [0.29, 0.717) is 12.0 Å². The minimum atomic E-state index is -0.178. The summed E-state index contributed by atoms with van der Waals surface area (Å²) in [6.45, 7) is 5.48. The highest BCUT2D eigenvalue weighted by Crippen LogP contribution is 2.16. The molecule has 0 bridgehead atoms. The van der Waals surface area contributed by atoms with E-state index in [-0.39, 0.29) is 11.9 Å². The Labute approximate surface area is 113 Å². The van der Waals surface area contributed by atoms with Gasteiger partial charge in [-0.1, -0.05) is 5.16 Å². The minimum Gasteiger partial charge on any atom is -0.381 e. The van der Waals surface area contributed by atoms with Crippen LogP contribution in [0.1, 0.15) is 25.5 Å². The quantitative estimate of drug-likeness (QED) is 0.893. The Morgan fingerprint density at radius 1 is 1.58 bits per heavy atom. The first-order valence-corrected chi connectivity index (χ1v) is 6.61. The first kappa shape index (κ1) is 14.0. The van der Waals surface area contributed by atoms with Gasteiger partial charge >= 0.3 is 0 Å². The Bertz CT molecular complexity index is 425. The number of carbonyl (C=O) groups is 1. The van der Waals surface area contributed by atoms with Gasteiger partial charge in [0.25, 0.3) is 0 Å². The van der Waals surface area contributed by atoms with Crippen LogP contribution in [0.3, 0.4) is 0 Å². The third kappa shape index (κ3) is 3.54. The number of methoxy groups -OCH3 is 1. The number of piperidine rings is 1. The fourth-order valence-electron chi connectivity index (χ4n) is 2.31. The lowest BCUT2D eigenvalue weighted by atomic mass is 10.1.